The molecule has 3 aliphatic heterocycles. The summed E-state index contributed by atoms with van der Waals surface area (Å²) in [4.78, 5) is 62.5. The molecule has 2 N–H and O–H groups in total. The second kappa shape index (κ2) is 12.5. The number of aliphatic hydroxyl groups is 1. The topological polar surface area (TPSA) is 123 Å². The number of amides is 4. The fraction of sp³-hybridized carbons (Fsp3) is 0.486. The van der Waals surface area contributed by atoms with Crippen LogP contribution in [0.1, 0.15) is 54.9 Å². The summed E-state index contributed by atoms with van der Waals surface area (Å²) < 4.78 is 0. The van der Waals surface area contributed by atoms with Gasteiger partial charge in [0.15, 0.2) is 0 Å². The zero-order valence-corrected chi connectivity index (χ0v) is 28.2. The number of pyridine rings is 1. The van der Waals surface area contributed by atoms with Gasteiger partial charge in [-0.2, -0.15) is 0 Å². The molecule has 2 unspecified atom stereocenters. The number of nitrogens with zero attached hydrogens (tertiary/aromatic N) is 4. The van der Waals surface area contributed by atoms with Crippen LogP contribution < -0.4 is 5.32 Å². The molecule has 1 aromatic heterocycles. The monoisotopic (exact) mass is 671 g/mol. The van der Waals surface area contributed by atoms with Crippen LogP contribution in [0.15, 0.2) is 60.8 Å². The number of carbonyl (C=O) groups excluding carboxylic acids is 4. The number of rotatable bonds is 8. The van der Waals surface area contributed by atoms with Crippen LogP contribution in [0, 0.1) is 23.2 Å². The van der Waals surface area contributed by atoms with Crippen LogP contribution in [0.4, 0.5) is 0 Å². The average Bonchev–Trinajstić information content (AvgIpc) is 3.57. The molecule has 0 spiro atoms. The van der Waals surface area contributed by atoms with E-state index in [0.717, 1.165) is 17.5 Å². The van der Waals surface area contributed by atoms with E-state index in [1.165, 1.54) is 4.90 Å². The Morgan fingerprint density at radius 3 is 2.42 bits per heavy atom. The van der Waals surface area contributed by atoms with Crippen molar-refractivity contribution in [2.45, 2.75) is 44.6 Å². The Morgan fingerprint density at radius 1 is 1.00 bits per heavy atom. The predicted molar refractivity (Wildman–Crippen MR) is 181 cm³/mol. The molecule has 48 heavy (non-hydrogen) atoms. The van der Waals surface area contributed by atoms with E-state index in [2.05, 4.69) is 27.3 Å². The Morgan fingerprint density at radius 2 is 1.71 bits per heavy atom. The highest BCUT2D eigenvalue weighted by Crippen LogP contribution is 2.63. The van der Waals surface area contributed by atoms with Gasteiger partial charge in [-0.25, -0.2) is 0 Å². The average molecular weight is 672 g/mol. The Hall–Kier alpha value is -3.86. The first kappa shape index (κ1) is 32.7. The van der Waals surface area contributed by atoms with Gasteiger partial charge in [0.05, 0.1) is 34.5 Å². The van der Waals surface area contributed by atoms with Gasteiger partial charge in [0.1, 0.15) is 0 Å². The number of hydrogen-bond donors (Lipinski definition) is 2. The Balaban J connectivity index is 0.947. The van der Waals surface area contributed by atoms with Gasteiger partial charge in [0.25, 0.3) is 5.91 Å². The van der Waals surface area contributed by atoms with E-state index in [1.54, 1.807) is 24.4 Å². The normalized spacial score (nSPS) is 26.4. The zero-order chi connectivity index (χ0) is 33.8. The van der Waals surface area contributed by atoms with Crippen molar-refractivity contribution in [1.29, 1.82) is 0 Å². The van der Waals surface area contributed by atoms with E-state index in [-0.39, 0.29) is 59.3 Å². The van der Waals surface area contributed by atoms with Crippen LogP contribution in [0.3, 0.4) is 0 Å². The number of fused-ring (bicyclic) bond motifs is 2. The van der Waals surface area contributed by atoms with Crippen molar-refractivity contribution in [1.82, 2.24) is 25.0 Å². The number of likely N-dealkylation sites (tertiary alicyclic amines) is 3. The number of hydrogen-bond acceptors (Lipinski definition) is 7. The summed E-state index contributed by atoms with van der Waals surface area (Å²) >= 11 is 6.25. The first-order valence-corrected chi connectivity index (χ1v) is 17.3. The summed E-state index contributed by atoms with van der Waals surface area (Å²) in [7, 11) is 0. The summed E-state index contributed by atoms with van der Waals surface area (Å²) in [5, 5.41) is 15.8. The van der Waals surface area contributed by atoms with Crippen molar-refractivity contribution in [3.05, 3.63) is 76.9 Å². The summed E-state index contributed by atoms with van der Waals surface area (Å²) in [6, 6.07) is 17.1. The molecule has 1 saturated carbocycles. The molecule has 4 heterocycles. The van der Waals surface area contributed by atoms with Gasteiger partial charge >= 0.3 is 0 Å². The highest BCUT2D eigenvalue weighted by Gasteiger charge is 2.72. The van der Waals surface area contributed by atoms with E-state index in [9.17, 15) is 24.3 Å². The number of β-amino-alcohol motifs (C(OH)–C–C–N with tert-alkyl or cyclic N) is 1. The number of nitrogens with one attached hydrogen (secondary N) is 1. The van der Waals surface area contributed by atoms with Crippen molar-refractivity contribution >= 4 is 46.1 Å². The summed E-state index contributed by atoms with van der Waals surface area (Å²) in [6.07, 6.45) is 2.95. The molecule has 3 aromatic rings. The van der Waals surface area contributed by atoms with Crippen molar-refractivity contribution in [2.24, 2.45) is 23.2 Å². The number of benzene rings is 2. The van der Waals surface area contributed by atoms with Crippen LogP contribution in [0.2, 0.25) is 5.02 Å². The van der Waals surface area contributed by atoms with E-state index >= 15 is 0 Å². The fourth-order valence-corrected chi connectivity index (χ4v) is 8.45. The largest absolute Gasteiger partial charge is 0.388 e. The standard InChI is InChI=1S/C37H42ClN5O5/c1-36(2)30-31(36)35(47)43(34(30)46)22-37(48)12-17-42(18-13-37)33(45)25-11-16-41(21-27(25)23-6-4-3-5-7-23)19-15-40-32(44)24-8-9-26-28(38)10-14-39-29(26)20-24/h3-10,14,20,25,27,30-31,48H,11-13,15-19,21-22H2,1-2H3,(H,40,44)/t25-,27+,30?,31?/m1/s1. The predicted octanol–water partition coefficient (Wildman–Crippen LogP) is 3.72. The Labute approximate surface area is 285 Å². The quantitative estimate of drug-likeness (QED) is 0.350. The lowest BCUT2D eigenvalue weighted by molar-refractivity contribution is -0.152. The second-order valence-corrected chi connectivity index (χ2v) is 15.0. The molecule has 0 radical (unpaired) electrons. The maximum atomic E-state index is 14.0. The molecule has 3 saturated heterocycles. The molecule has 4 atom stereocenters. The van der Waals surface area contributed by atoms with Gasteiger partial charge in [0, 0.05) is 61.7 Å². The van der Waals surface area contributed by atoms with E-state index in [1.807, 2.05) is 43.0 Å². The van der Waals surface area contributed by atoms with Crippen molar-refractivity contribution in [3.63, 3.8) is 0 Å². The Bertz CT molecular complexity index is 1730. The molecule has 10 nitrogen and oxygen atoms in total. The van der Waals surface area contributed by atoms with Gasteiger partial charge in [-0.3, -0.25) is 29.1 Å². The van der Waals surface area contributed by atoms with Crippen molar-refractivity contribution in [3.8, 4) is 0 Å². The molecular weight excluding hydrogens is 630 g/mol. The molecule has 0 bridgehead atoms. The summed E-state index contributed by atoms with van der Waals surface area (Å²) in [5.74, 6) is -1.20. The van der Waals surface area contributed by atoms with E-state index in [0.29, 0.717) is 68.1 Å². The summed E-state index contributed by atoms with van der Waals surface area (Å²) in [5.41, 5.74) is 0.826. The minimum Gasteiger partial charge on any atom is -0.388 e. The van der Waals surface area contributed by atoms with Gasteiger partial charge < -0.3 is 20.2 Å². The third-order valence-electron chi connectivity index (χ3n) is 11.3. The minimum atomic E-state index is -1.19. The molecule has 4 fully saturated rings. The van der Waals surface area contributed by atoms with Crippen molar-refractivity contribution in [2.75, 3.05) is 45.8 Å². The van der Waals surface area contributed by atoms with Gasteiger partial charge in [-0.15, -0.1) is 0 Å². The number of halogens is 1. The molecule has 7 rings (SSSR count). The molecule has 4 aliphatic rings. The Kier molecular flexibility index (Phi) is 8.54. The SMILES string of the molecule is CC1(C)C2C(=O)N(CC3(O)CCN(C(=O)[C@@H]4CCN(CCNC(=O)c5ccc6c(Cl)ccnc6c5)C[C@H]4c4ccccc4)CC3)C(=O)C21. The summed E-state index contributed by atoms with van der Waals surface area (Å²) in [6.45, 7) is 7.19. The van der Waals surface area contributed by atoms with E-state index in [4.69, 9.17) is 11.6 Å². The molecule has 2 aromatic carbocycles. The lowest BCUT2D eigenvalue weighted by atomic mass is 9.79. The van der Waals surface area contributed by atoms with Crippen LogP contribution in [0.5, 0.6) is 0 Å². The van der Waals surface area contributed by atoms with E-state index < -0.39 is 5.60 Å². The van der Waals surface area contributed by atoms with Crippen LogP contribution in [-0.2, 0) is 14.4 Å². The maximum Gasteiger partial charge on any atom is 0.251 e. The van der Waals surface area contributed by atoms with Crippen LogP contribution in [-0.4, -0.2) is 99.8 Å². The molecule has 252 valence electrons. The molecule has 1 aliphatic carbocycles. The van der Waals surface area contributed by atoms with Gasteiger partial charge in [0.2, 0.25) is 17.7 Å². The molecule has 4 amide bonds. The van der Waals surface area contributed by atoms with Crippen LogP contribution >= 0.6 is 11.6 Å². The first-order valence-electron chi connectivity index (χ1n) is 16.9. The van der Waals surface area contributed by atoms with Crippen LogP contribution in [0.25, 0.3) is 10.9 Å². The third kappa shape index (κ3) is 5.99. The maximum absolute atomic E-state index is 14.0. The third-order valence-corrected chi connectivity index (χ3v) is 11.6. The number of piperidine rings is 3. The molecular formula is C37H42ClN5O5. The fourth-order valence-electron chi connectivity index (χ4n) is 8.23. The minimum absolute atomic E-state index is 0.00342. The second-order valence-electron chi connectivity index (χ2n) is 14.6. The van der Waals surface area contributed by atoms with Gasteiger partial charge in [-0.1, -0.05) is 61.8 Å². The first-order chi connectivity index (χ1) is 23.0. The highest BCUT2D eigenvalue weighted by molar-refractivity contribution is 6.35. The smallest absolute Gasteiger partial charge is 0.251 e. The molecule has 11 heteroatoms. The lowest BCUT2D eigenvalue weighted by Crippen LogP contribution is -2.56. The number of carbonyl (C=O) groups is 4. The number of imide groups is 1. The van der Waals surface area contributed by atoms with Crippen molar-refractivity contribution < 1.29 is 24.3 Å². The zero-order valence-electron chi connectivity index (χ0n) is 27.4. The number of aromatic nitrogens is 1. The lowest BCUT2D eigenvalue weighted by Gasteiger charge is -2.44. The highest BCUT2D eigenvalue weighted by atomic mass is 35.5. The van der Waals surface area contributed by atoms with Gasteiger partial charge in [-0.05, 0) is 55.0 Å².